The van der Waals surface area contributed by atoms with Crippen LogP contribution in [0.2, 0.25) is 10.0 Å². The SMILES string of the molecule is CC(=O)CCn1c(=O)c2c(C)c(-c3ccc(Cl)cc3)sc2n(C)c1=O.CCO.Cc1c(-c2ccc(Cl)cc2)sc2c1c(=O)n(CCCO)c(=O)n2C.[B].[H-].[Na+]. The number of hydrogen-bond donors (Lipinski definition) is 2. The molecule has 0 unspecified atom stereocenters. The summed E-state index contributed by atoms with van der Waals surface area (Å²) >= 11 is 14.7. The molecule has 6 rings (SSSR count). The van der Waals surface area contributed by atoms with Crippen LogP contribution in [-0.4, -0.2) is 55.9 Å². The third-order valence-corrected chi connectivity index (χ3v) is 11.6. The maximum atomic E-state index is 12.9. The fraction of sp³-hybridized carbons (Fsp3) is 0.324. The zero-order chi connectivity index (χ0) is 38.4. The van der Waals surface area contributed by atoms with Crippen molar-refractivity contribution in [3.63, 3.8) is 0 Å². The van der Waals surface area contributed by atoms with Crippen LogP contribution >= 0.6 is 45.9 Å². The van der Waals surface area contributed by atoms with Crippen molar-refractivity contribution < 1.29 is 46.0 Å². The van der Waals surface area contributed by atoms with Crippen molar-refractivity contribution in [3.05, 3.63) is 111 Å². The number of Topliss-reactive ketones (excluding diaryl/α,β-unsaturated/α-hetero) is 1. The Bertz CT molecular complexity index is 2490. The molecule has 11 nitrogen and oxygen atoms in total. The maximum Gasteiger partial charge on any atom is 1.00 e. The third-order valence-electron chi connectivity index (χ3n) is 8.26. The van der Waals surface area contributed by atoms with Gasteiger partial charge in [-0.25, -0.2) is 9.59 Å². The Balaban J connectivity index is 0.000000489. The number of carbonyl (C=O) groups is 1. The summed E-state index contributed by atoms with van der Waals surface area (Å²) in [5, 5.41) is 18.9. The Labute approximate surface area is 355 Å². The number of benzene rings is 2. The zero-order valence-corrected chi connectivity index (χ0v) is 36.4. The average molecular weight is 823 g/mol. The molecule has 0 fully saturated rings. The van der Waals surface area contributed by atoms with Crippen LogP contribution in [0, 0.1) is 13.8 Å². The van der Waals surface area contributed by atoms with Gasteiger partial charge in [0.1, 0.15) is 15.4 Å². The molecule has 4 aromatic heterocycles. The van der Waals surface area contributed by atoms with Crippen molar-refractivity contribution >= 4 is 80.5 Å². The van der Waals surface area contributed by atoms with Gasteiger partial charge in [-0.1, -0.05) is 47.5 Å². The van der Waals surface area contributed by atoms with Gasteiger partial charge in [0.05, 0.1) is 10.8 Å². The Morgan fingerprint density at radius 1 is 0.722 bits per heavy atom. The van der Waals surface area contributed by atoms with Gasteiger partial charge < -0.3 is 11.6 Å². The van der Waals surface area contributed by atoms with Crippen LogP contribution in [0.15, 0.2) is 67.7 Å². The molecule has 0 aliphatic carbocycles. The fourth-order valence-corrected chi connectivity index (χ4v) is 8.37. The topological polar surface area (TPSA) is 146 Å². The minimum absolute atomic E-state index is 0. The zero-order valence-electron chi connectivity index (χ0n) is 32.2. The first-order valence-corrected chi connectivity index (χ1v) is 18.8. The summed E-state index contributed by atoms with van der Waals surface area (Å²) < 4.78 is 5.33. The van der Waals surface area contributed by atoms with Crippen LogP contribution in [0.4, 0.5) is 0 Å². The molecule has 2 N–H and O–H groups in total. The number of hydrogen-bond acceptors (Lipinski definition) is 9. The first-order valence-electron chi connectivity index (χ1n) is 16.4. The molecule has 0 aliphatic heterocycles. The van der Waals surface area contributed by atoms with E-state index >= 15 is 0 Å². The second-order valence-electron chi connectivity index (χ2n) is 11.9. The summed E-state index contributed by atoms with van der Waals surface area (Å²) in [7, 11) is 3.32. The van der Waals surface area contributed by atoms with E-state index in [1.807, 2.05) is 38.1 Å². The number of aromatic nitrogens is 4. The Morgan fingerprint density at radius 2 is 1.07 bits per heavy atom. The minimum atomic E-state index is -0.400. The van der Waals surface area contributed by atoms with Crippen molar-refractivity contribution in [2.75, 3.05) is 13.2 Å². The summed E-state index contributed by atoms with van der Waals surface area (Å²) in [6.45, 7) is 7.40. The number of aliphatic hydroxyl groups excluding tert-OH is 2. The standard InChI is InChI=1S/C18H17ClN2O3S.C17H17ClN2O3S.C2H6O.B.Na.H/c1-10(22)8-9-21-16(23)14-11(2)15(12-4-6-13(19)7-5-12)25-17(14)20(3)18(21)24;1-10-13-15(22)20(8-3-9-21)17(23)19(2)16(13)24-14(10)11-4-6-12(18)7-5-11;1-2-3;;;/h4-7H,8-9H2,1-3H3;4-7,21H,3,8-9H2,1-2H3;3H,2H2,1H3;;;/q;;;;+1;-1. The van der Waals surface area contributed by atoms with Gasteiger partial charge in [0.25, 0.3) is 11.1 Å². The van der Waals surface area contributed by atoms with Crippen molar-refractivity contribution in [2.24, 2.45) is 14.1 Å². The minimum Gasteiger partial charge on any atom is -1.00 e. The smallest absolute Gasteiger partial charge is 1.00 e. The van der Waals surface area contributed by atoms with Gasteiger partial charge in [-0.15, -0.1) is 22.7 Å². The van der Waals surface area contributed by atoms with Gasteiger partial charge >= 0.3 is 40.9 Å². The van der Waals surface area contributed by atoms with Crippen LogP contribution in [-0.2, 0) is 32.0 Å². The van der Waals surface area contributed by atoms with E-state index < -0.39 is 5.69 Å². The number of fused-ring (bicyclic) bond motifs is 2. The van der Waals surface area contributed by atoms with Crippen molar-refractivity contribution in [3.8, 4) is 20.9 Å². The Kier molecular flexibility index (Phi) is 18.1. The van der Waals surface area contributed by atoms with E-state index in [0.717, 1.165) is 36.6 Å². The molecule has 281 valence electrons. The third kappa shape index (κ3) is 10.0. The molecule has 6 aromatic rings. The van der Waals surface area contributed by atoms with E-state index in [9.17, 15) is 24.0 Å². The van der Waals surface area contributed by atoms with Gasteiger partial charge in [-0.3, -0.25) is 32.7 Å². The molecule has 17 heteroatoms. The normalized spacial score (nSPS) is 10.6. The Hall–Kier alpha value is -3.05. The first kappa shape index (κ1) is 47.1. The molecule has 2 aromatic carbocycles. The Morgan fingerprint density at radius 3 is 1.41 bits per heavy atom. The van der Waals surface area contributed by atoms with E-state index in [0.29, 0.717) is 36.9 Å². The van der Waals surface area contributed by atoms with Gasteiger partial charge in [-0.05, 0) is 80.6 Å². The monoisotopic (exact) mass is 821 g/mol. The van der Waals surface area contributed by atoms with E-state index in [-0.39, 0.29) is 94.7 Å². The van der Waals surface area contributed by atoms with Crippen LogP contribution in [0.1, 0.15) is 39.2 Å². The quantitative estimate of drug-likeness (QED) is 0.225. The summed E-state index contributed by atoms with van der Waals surface area (Å²) in [6.07, 6.45) is 0.530. The van der Waals surface area contributed by atoms with Gasteiger partial charge in [0.15, 0.2) is 0 Å². The maximum absolute atomic E-state index is 12.9. The molecule has 0 amide bonds. The molecular weight excluding hydrogens is 781 g/mol. The summed E-state index contributed by atoms with van der Waals surface area (Å²) in [4.78, 5) is 65.0. The molecule has 0 saturated carbocycles. The number of thiophene rings is 2. The molecule has 0 aliphatic rings. The number of aryl methyl sites for hydroxylation is 4. The number of carbonyl (C=O) groups excluding carboxylic acids is 1. The molecule has 0 atom stereocenters. The van der Waals surface area contributed by atoms with E-state index in [1.54, 1.807) is 45.3 Å². The predicted octanol–water partition coefficient (Wildman–Crippen LogP) is 2.88. The second kappa shape index (κ2) is 20.8. The van der Waals surface area contributed by atoms with Gasteiger partial charge in [0, 0.05) is 75.0 Å². The molecule has 3 radical (unpaired) electrons. The number of rotatable bonds is 8. The second-order valence-corrected chi connectivity index (χ2v) is 14.8. The number of aliphatic hydroxyl groups is 2. The largest absolute Gasteiger partial charge is 1.00 e. The number of ketones is 1. The molecule has 0 spiro atoms. The van der Waals surface area contributed by atoms with E-state index in [2.05, 4.69) is 0 Å². The molecular formula is C37H41BCl2N4NaO7S2. The van der Waals surface area contributed by atoms with Gasteiger partial charge in [-0.2, -0.15) is 0 Å². The van der Waals surface area contributed by atoms with Crippen LogP contribution in [0.3, 0.4) is 0 Å². The molecule has 4 heterocycles. The van der Waals surface area contributed by atoms with Crippen molar-refractivity contribution in [1.82, 2.24) is 18.3 Å². The van der Waals surface area contributed by atoms with E-state index in [1.165, 1.54) is 43.3 Å². The van der Waals surface area contributed by atoms with Gasteiger partial charge in [0.2, 0.25) is 0 Å². The molecule has 0 bridgehead atoms. The van der Waals surface area contributed by atoms with Crippen LogP contribution < -0.4 is 52.1 Å². The van der Waals surface area contributed by atoms with Crippen molar-refractivity contribution in [1.29, 1.82) is 0 Å². The number of nitrogens with zero attached hydrogens (tertiary/aromatic N) is 4. The van der Waals surface area contributed by atoms with Crippen LogP contribution in [0.25, 0.3) is 41.3 Å². The van der Waals surface area contributed by atoms with Crippen LogP contribution in [0.5, 0.6) is 0 Å². The fourth-order valence-electron chi connectivity index (χ4n) is 5.60. The van der Waals surface area contributed by atoms with Crippen molar-refractivity contribution in [2.45, 2.75) is 53.6 Å². The summed E-state index contributed by atoms with van der Waals surface area (Å²) in [5.74, 6) is -0.0575. The predicted molar refractivity (Wildman–Crippen MR) is 220 cm³/mol. The summed E-state index contributed by atoms with van der Waals surface area (Å²) in [5.41, 5.74) is 2.21. The first-order chi connectivity index (χ1) is 24.7. The summed E-state index contributed by atoms with van der Waals surface area (Å²) in [6, 6.07) is 14.8. The molecule has 0 saturated heterocycles. The van der Waals surface area contributed by atoms with E-state index in [4.69, 9.17) is 33.4 Å². The molecule has 54 heavy (non-hydrogen) atoms. The number of halogens is 2. The average Bonchev–Trinajstić information content (AvgIpc) is 3.64.